The summed E-state index contributed by atoms with van der Waals surface area (Å²) in [6.07, 6.45) is -0.921. The Morgan fingerprint density at radius 1 is 1.50 bits per heavy atom. The van der Waals surface area contributed by atoms with Crippen LogP contribution in [0.3, 0.4) is 0 Å². The number of ketones is 1. The molecule has 0 aliphatic rings. The Kier molecular flexibility index (Phi) is 3.12. The van der Waals surface area contributed by atoms with Crippen LogP contribution in [0.25, 0.3) is 0 Å². The minimum absolute atomic E-state index is 0.170. The zero-order valence-electron chi connectivity index (χ0n) is 9.00. The Morgan fingerprint density at radius 3 is 2.43 bits per heavy atom. The van der Waals surface area contributed by atoms with Crippen molar-refractivity contribution in [3.63, 3.8) is 0 Å². The SMILES string of the molecule is Cc1sccc1C(=O)C(O)C(C)(C)C. The van der Waals surface area contributed by atoms with Crippen molar-refractivity contribution in [3.8, 4) is 0 Å². The highest BCUT2D eigenvalue weighted by molar-refractivity contribution is 7.10. The third-order valence-corrected chi connectivity index (χ3v) is 3.04. The van der Waals surface area contributed by atoms with E-state index in [0.29, 0.717) is 5.56 Å². The van der Waals surface area contributed by atoms with Gasteiger partial charge in [-0.1, -0.05) is 20.8 Å². The predicted octanol–water partition coefficient (Wildman–Crippen LogP) is 2.65. The van der Waals surface area contributed by atoms with Crippen LogP contribution in [0.5, 0.6) is 0 Å². The van der Waals surface area contributed by atoms with Gasteiger partial charge in [0.1, 0.15) is 6.10 Å². The number of aliphatic hydroxyl groups is 1. The van der Waals surface area contributed by atoms with E-state index in [0.717, 1.165) is 4.88 Å². The van der Waals surface area contributed by atoms with Crippen LogP contribution in [-0.4, -0.2) is 17.0 Å². The summed E-state index contributed by atoms with van der Waals surface area (Å²) in [4.78, 5) is 12.8. The number of aryl methyl sites for hydroxylation is 1. The number of hydrogen-bond donors (Lipinski definition) is 1. The van der Waals surface area contributed by atoms with Gasteiger partial charge in [-0.2, -0.15) is 0 Å². The van der Waals surface area contributed by atoms with Crippen LogP contribution in [0.4, 0.5) is 0 Å². The van der Waals surface area contributed by atoms with E-state index in [1.807, 2.05) is 33.1 Å². The molecule has 1 atom stereocenters. The van der Waals surface area contributed by atoms with E-state index in [4.69, 9.17) is 0 Å². The van der Waals surface area contributed by atoms with Crippen molar-refractivity contribution in [3.05, 3.63) is 21.9 Å². The molecule has 1 N–H and O–H groups in total. The normalized spacial score (nSPS) is 14.1. The summed E-state index contributed by atoms with van der Waals surface area (Å²) in [7, 11) is 0. The van der Waals surface area contributed by atoms with Gasteiger partial charge >= 0.3 is 0 Å². The Bertz CT molecular complexity index is 333. The highest BCUT2D eigenvalue weighted by Gasteiger charge is 2.30. The lowest BCUT2D eigenvalue weighted by atomic mass is 9.85. The lowest BCUT2D eigenvalue weighted by molar-refractivity contribution is 0.0442. The molecule has 1 aromatic heterocycles. The van der Waals surface area contributed by atoms with Gasteiger partial charge in [-0.3, -0.25) is 4.79 Å². The van der Waals surface area contributed by atoms with E-state index < -0.39 is 11.5 Å². The summed E-state index contributed by atoms with van der Waals surface area (Å²) in [5.41, 5.74) is 0.253. The van der Waals surface area contributed by atoms with Crippen molar-refractivity contribution < 1.29 is 9.90 Å². The van der Waals surface area contributed by atoms with Gasteiger partial charge in [0, 0.05) is 10.4 Å². The molecule has 0 aliphatic heterocycles. The van der Waals surface area contributed by atoms with Crippen LogP contribution in [0.2, 0.25) is 0 Å². The summed E-state index contributed by atoms with van der Waals surface area (Å²) in [6, 6.07) is 1.78. The highest BCUT2D eigenvalue weighted by atomic mass is 32.1. The maximum Gasteiger partial charge on any atom is 0.192 e. The predicted molar refractivity (Wildman–Crippen MR) is 58.8 cm³/mol. The standard InChI is InChI=1S/C11H16O2S/c1-7-8(5-6-14-7)9(12)10(13)11(2,3)4/h5-6,10,13H,1-4H3. The molecule has 1 rings (SSSR count). The highest BCUT2D eigenvalue weighted by Crippen LogP contribution is 2.25. The Hall–Kier alpha value is -0.670. The summed E-state index contributed by atoms with van der Waals surface area (Å²) >= 11 is 1.53. The van der Waals surface area contributed by atoms with Crippen LogP contribution in [0, 0.1) is 12.3 Å². The number of Topliss-reactive ketones (excluding diaryl/α,β-unsaturated/α-hetero) is 1. The summed E-state index contributed by atoms with van der Waals surface area (Å²) in [5, 5.41) is 11.7. The second-order valence-electron chi connectivity index (χ2n) is 4.52. The van der Waals surface area contributed by atoms with E-state index >= 15 is 0 Å². The maximum atomic E-state index is 11.8. The van der Waals surface area contributed by atoms with E-state index in [2.05, 4.69) is 0 Å². The van der Waals surface area contributed by atoms with Gasteiger partial charge in [-0.05, 0) is 23.8 Å². The molecule has 0 spiro atoms. The fourth-order valence-corrected chi connectivity index (χ4v) is 1.89. The molecule has 1 aromatic rings. The molecule has 0 aliphatic carbocycles. The third-order valence-electron chi connectivity index (χ3n) is 2.19. The zero-order valence-corrected chi connectivity index (χ0v) is 9.81. The summed E-state index contributed by atoms with van der Waals surface area (Å²) in [6.45, 7) is 7.47. The van der Waals surface area contributed by atoms with Crippen molar-refractivity contribution >= 4 is 17.1 Å². The molecular formula is C11H16O2S. The fraction of sp³-hybridized carbons (Fsp3) is 0.545. The fourth-order valence-electron chi connectivity index (χ4n) is 1.18. The first-order valence-electron chi connectivity index (χ1n) is 4.60. The summed E-state index contributed by atoms with van der Waals surface area (Å²) < 4.78 is 0. The van der Waals surface area contributed by atoms with E-state index in [1.54, 1.807) is 6.07 Å². The first-order valence-corrected chi connectivity index (χ1v) is 5.48. The van der Waals surface area contributed by atoms with Crippen molar-refractivity contribution in [2.24, 2.45) is 5.41 Å². The van der Waals surface area contributed by atoms with Gasteiger partial charge in [-0.25, -0.2) is 0 Å². The molecule has 3 heteroatoms. The van der Waals surface area contributed by atoms with Crippen molar-refractivity contribution in [1.82, 2.24) is 0 Å². The molecule has 0 aromatic carbocycles. The van der Waals surface area contributed by atoms with Gasteiger partial charge in [0.25, 0.3) is 0 Å². The molecule has 1 heterocycles. The molecule has 0 amide bonds. The molecule has 0 saturated carbocycles. The van der Waals surface area contributed by atoms with E-state index in [9.17, 15) is 9.90 Å². The average molecular weight is 212 g/mol. The minimum atomic E-state index is -0.921. The first kappa shape index (κ1) is 11.4. The Labute approximate surface area is 88.6 Å². The molecule has 0 fully saturated rings. The van der Waals surface area contributed by atoms with Crippen LogP contribution in [0.15, 0.2) is 11.4 Å². The first-order chi connectivity index (χ1) is 6.34. The number of aliphatic hydroxyl groups excluding tert-OH is 1. The van der Waals surface area contributed by atoms with Crippen LogP contribution >= 0.6 is 11.3 Å². The van der Waals surface area contributed by atoms with Gasteiger partial charge in [0.2, 0.25) is 0 Å². The van der Waals surface area contributed by atoms with Crippen LogP contribution in [0.1, 0.15) is 36.0 Å². The number of rotatable bonds is 2. The van der Waals surface area contributed by atoms with Crippen molar-refractivity contribution in [2.45, 2.75) is 33.8 Å². The van der Waals surface area contributed by atoms with Crippen molar-refractivity contribution in [2.75, 3.05) is 0 Å². The second kappa shape index (κ2) is 3.83. The average Bonchev–Trinajstić information content (AvgIpc) is 2.47. The van der Waals surface area contributed by atoms with E-state index in [-0.39, 0.29) is 5.78 Å². The number of thiophene rings is 1. The number of carbonyl (C=O) groups excluding carboxylic acids is 1. The molecule has 14 heavy (non-hydrogen) atoms. The maximum absolute atomic E-state index is 11.8. The van der Waals surface area contributed by atoms with Gasteiger partial charge < -0.3 is 5.11 Å². The van der Waals surface area contributed by atoms with Crippen molar-refractivity contribution in [1.29, 1.82) is 0 Å². The topological polar surface area (TPSA) is 37.3 Å². The lowest BCUT2D eigenvalue weighted by Crippen LogP contribution is -2.34. The zero-order chi connectivity index (χ0) is 10.9. The van der Waals surface area contributed by atoms with E-state index in [1.165, 1.54) is 11.3 Å². The molecule has 0 saturated heterocycles. The summed E-state index contributed by atoms with van der Waals surface area (Å²) in [5.74, 6) is -0.170. The molecule has 0 bridgehead atoms. The third kappa shape index (κ3) is 2.22. The lowest BCUT2D eigenvalue weighted by Gasteiger charge is -2.24. The van der Waals surface area contributed by atoms with Gasteiger partial charge in [0.05, 0.1) is 0 Å². The number of hydrogen-bond acceptors (Lipinski definition) is 3. The largest absolute Gasteiger partial charge is 0.384 e. The Balaban J connectivity index is 2.92. The molecule has 78 valence electrons. The molecule has 0 radical (unpaired) electrons. The monoisotopic (exact) mass is 212 g/mol. The minimum Gasteiger partial charge on any atom is -0.384 e. The molecule has 1 unspecified atom stereocenters. The van der Waals surface area contributed by atoms with Gasteiger partial charge in [-0.15, -0.1) is 11.3 Å². The molecule has 2 nitrogen and oxygen atoms in total. The van der Waals surface area contributed by atoms with Crippen LogP contribution in [-0.2, 0) is 0 Å². The Morgan fingerprint density at radius 2 is 2.07 bits per heavy atom. The molecular weight excluding hydrogens is 196 g/mol. The van der Waals surface area contributed by atoms with Crippen LogP contribution < -0.4 is 0 Å². The van der Waals surface area contributed by atoms with Gasteiger partial charge in [0.15, 0.2) is 5.78 Å². The number of carbonyl (C=O) groups is 1. The second-order valence-corrected chi connectivity index (χ2v) is 5.64. The quantitative estimate of drug-likeness (QED) is 0.765. The smallest absolute Gasteiger partial charge is 0.192 e.